The van der Waals surface area contributed by atoms with E-state index < -0.39 is 0 Å². The fourth-order valence-electron chi connectivity index (χ4n) is 4.23. The van der Waals surface area contributed by atoms with Gasteiger partial charge in [-0.1, -0.05) is 86.4 Å². The van der Waals surface area contributed by atoms with Gasteiger partial charge in [-0.05, 0) is 46.5 Å². The zero-order valence-corrected chi connectivity index (χ0v) is 16.3. The first-order valence-electron chi connectivity index (χ1n) is 9.91. The van der Waals surface area contributed by atoms with Gasteiger partial charge in [0.05, 0.1) is 0 Å². The van der Waals surface area contributed by atoms with Gasteiger partial charge in [-0.2, -0.15) is 0 Å². The molecule has 5 rings (SSSR count). The summed E-state index contributed by atoms with van der Waals surface area (Å²) in [4.78, 5) is 0. The van der Waals surface area contributed by atoms with Crippen molar-refractivity contribution in [2.45, 2.75) is 13.6 Å². The van der Waals surface area contributed by atoms with Crippen LogP contribution in [0.2, 0.25) is 13.6 Å². The normalized spacial score (nSPS) is 11.2. The first-order chi connectivity index (χ1) is 13.7. The molecule has 0 N–H and O–H groups in total. The van der Waals surface area contributed by atoms with Gasteiger partial charge in [0.1, 0.15) is 0 Å². The molecule has 0 fully saturated rings. The zero-order valence-electron chi connectivity index (χ0n) is 16.3. The van der Waals surface area contributed by atoms with Crippen LogP contribution in [0.3, 0.4) is 0 Å². The Morgan fingerprint density at radius 2 is 0.929 bits per heavy atom. The van der Waals surface area contributed by atoms with E-state index >= 15 is 0 Å². The van der Waals surface area contributed by atoms with Crippen molar-refractivity contribution in [2.24, 2.45) is 0 Å². The van der Waals surface area contributed by atoms with Crippen molar-refractivity contribution in [1.29, 1.82) is 0 Å². The standard InChI is InChI=1S/C26H22BN/c1-27(2)28-25-15-13-21(19-9-5-3-6-10-19)17-23(25)24-18-22(14-16-26(24)28)20-11-7-4-8-12-20/h3-18H,1-2H3. The molecule has 0 atom stereocenters. The Balaban J connectivity index is 1.81. The highest BCUT2D eigenvalue weighted by Crippen LogP contribution is 2.35. The predicted octanol–water partition coefficient (Wildman–Crippen LogP) is 7.23. The molecule has 0 aliphatic heterocycles. The lowest BCUT2D eigenvalue weighted by molar-refractivity contribution is 1.32. The van der Waals surface area contributed by atoms with E-state index in [1.165, 1.54) is 44.1 Å². The number of rotatable bonds is 3. The number of aromatic nitrogens is 1. The van der Waals surface area contributed by atoms with Crippen LogP contribution in [0.15, 0.2) is 97.1 Å². The molecular formula is C26H22BN. The van der Waals surface area contributed by atoms with Crippen LogP contribution in [0, 0.1) is 0 Å². The minimum atomic E-state index is 0.408. The maximum absolute atomic E-state index is 2.45. The van der Waals surface area contributed by atoms with Crippen molar-refractivity contribution in [1.82, 2.24) is 4.48 Å². The Labute approximate surface area is 166 Å². The predicted molar refractivity (Wildman–Crippen MR) is 123 cm³/mol. The molecule has 2 heteroatoms. The third kappa shape index (κ3) is 2.73. The first-order valence-corrected chi connectivity index (χ1v) is 9.91. The molecule has 134 valence electrons. The molecule has 0 saturated carbocycles. The topological polar surface area (TPSA) is 4.93 Å². The van der Waals surface area contributed by atoms with Crippen LogP contribution in [0.5, 0.6) is 0 Å². The molecule has 0 aliphatic carbocycles. The summed E-state index contributed by atoms with van der Waals surface area (Å²) in [6.07, 6.45) is 0. The summed E-state index contributed by atoms with van der Waals surface area (Å²) in [6.45, 7) is 4.93. The van der Waals surface area contributed by atoms with Gasteiger partial charge in [-0.3, -0.25) is 0 Å². The quantitative estimate of drug-likeness (QED) is 0.300. The van der Waals surface area contributed by atoms with Crippen LogP contribution < -0.4 is 0 Å². The molecule has 0 aliphatic rings. The molecule has 1 nitrogen and oxygen atoms in total. The Bertz CT molecular complexity index is 1170. The molecule has 0 saturated heterocycles. The summed E-state index contributed by atoms with van der Waals surface area (Å²) < 4.78 is 2.45. The van der Waals surface area contributed by atoms with Crippen molar-refractivity contribution < 1.29 is 0 Å². The molecule has 0 amide bonds. The van der Waals surface area contributed by atoms with E-state index in [0.717, 1.165) is 0 Å². The second-order valence-corrected chi connectivity index (χ2v) is 7.66. The summed E-state index contributed by atoms with van der Waals surface area (Å²) >= 11 is 0. The van der Waals surface area contributed by atoms with Gasteiger partial charge in [0.25, 0.3) is 6.85 Å². The minimum Gasteiger partial charge on any atom is -0.386 e. The van der Waals surface area contributed by atoms with Crippen LogP contribution in [0.1, 0.15) is 0 Å². The molecule has 28 heavy (non-hydrogen) atoms. The van der Waals surface area contributed by atoms with E-state index in [1.807, 2.05) is 0 Å². The summed E-state index contributed by atoms with van der Waals surface area (Å²) in [5, 5.41) is 2.64. The summed E-state index contributed by atoms with van der Waals surface area (Å²) in [5.74, 6) is 0. The fraction of sp³-hybridized carbons (Fsp3) is 0.0769. The van der Waals surface area contributed by atoms with Crippen molar-refractivity contribution in [2.75, 3.05) is 0 Å². The Kier molecular flexibility index (Phi) is 4.05. The lowest BCUT2D eigenvalue weighted by Gasteiger charge is -2.10. The second-order valence-electron chi connectivity index (χ2n) is 7.66. The smallest absolute Gasteiger partial charge is 0.254 e. The molecule has 0 bridgehead atoms. The third-order valence-corrected chi connectivity index (χ3v) is 5.53. The SMILES string of the molecule is CB(C)n1c2ccc(-c3ccccc3)cc2c2cc(-c3ccccc3)ccc21. The van der Waals surface area contributed by atoms with Gasteiger partial charge in [-0.25, -0.2) is 0 Å². The van der Waals surface area contributed by atoms with Crippen LogP contribution >= 0.6 is 0 Å². The number of hydrogen-bond acceptors (Lipinski definition) is 0. The van der Waals surface area contributed by atoms with E-state index in [2.05, 4.69) is 115 Å². The van der Waals surface area contributed by atoms with Crippen LogP contribution in [-0.2, 0) is 0 Å². The van der Waals surface area contributed by atoms with Gasteiger partial charge in [0.15, 0.2) is 0 Å². The Morgan fingerprint density at radius 3 is 1.32 bits per heavy atom. The van der Waals surface area contributed by atoms with Crippen molar-refractivity contribution >= 4 is 28.7 Å². The highest BCUT2D eigenvalue weighted by atomic mass is 14.9. The summed E-state index contributed by atoms with van der Waals surface area (Å²) in [5.41, 5.74) is 7.65. The molecule has 0 unspecified atom stereocenters. The lowest BCUT2D eigenvalue weighted by atomic mass is 9.68. The summed E-state index contributed by atoms with van der Waals surface area (Å²) in [7, 11) is 0. The van der Waals surface area contributed by atoms with E-state index in [-0.39, 0.29) is 0 Å². The number of nitrogens with zero attached hydrogens (tertiary/aromatic N) is 1. The van der Waals surface area contributed by atoms with Crippen LogP contribution in [0.4, 0.5) is 0 Å². The zero-order chi connectivity index (χ0) is 19.1. The van der Waals surface area contributed by atoms with Gasteiger partial charge in [0.2, 0.25) is 0 Å². The molecule has 0 radical (unpaired) electrons. The van der Waals surface area contributed by atoms with Gasteiger partial charge in [-0.15, -0.1) is 0 Å². The largest absolute Gasteiger partial charge is 0.386 e. The highest BCUT2D eigenvalue weighted by Gasteiger charge is 2.16. The van der Waals surface area contributed by atoms with Crippen molar-refractivity contribution in [3.05, 3.63) is 97.1 Å². The third-order valence-electron chi connectivity index (χ3n) is 5.53. The number of hydrogen-bond donors (Lipinski definition) is 0. The molecule has 1 aromatic heterocycles. The van der Waals surface area contributed by atoms with Gasteiger partial charge < -0.3 is 4.48 Å². The van der Waals surface area contributed by atoms with Crippen molar-refractivity contribution in [3.63, 3.8) is 0 Å². The number of fused-ring (bicyclic) bond motifs is 3. The van der Waals surface area contributed by atoms with Crippen LogP contribution in [-0.4, -0.2) is 11.3 Å². The van der Waals surface area contributed by atoms with Gasteiger partial charge >= 0.3 is 0 Å². The average molecular weight is 359 g/mol. The van der Waals surface area contributed by atoms with Crippen LogP contribution in [0.25, 0.3) is 44.1 Å². The molecule has 5 aromatic rings. The molecular weight excluding hydrogens is 337 g/mol. The maximum Gasteiger partial charge on any atom is 0.254 e. The van der Waals surface area contributed by atoms with Gasteiger partial charge in [0, 0.05) is 21.8 Å². The summed E-state index contributed by atoms with van der Waals surface area (Å²) in [6, 6.07) is 35.0. The first kappa shape index (κ1) is 16.9. The van der Waals surface area contributed by atoms with E-state index in [1.54, 1.807) is 0 Å². The highest BCUT2D eigenvalue weighted by molar-refractivity contribution is 6.57. The number of benzene rings is 4. The minimum absolute atomic E-state index is 0.408. The molecule has 4 aromatic carbocycles. The van der Waals surface area contributed by atoms with E-state index in [4.69, 9.17) is 0 Å². The van der Waals surface area contributed by atoms with Crippen molar-refractivity contribution in [3.8, 4) is 22.3 Å². The monoisotopic (exact) mass is 359 g/mol. The Morgan fingerprint density at radius 1 is 0.500 bits per heavy atom. The second kappa shape index (κ2) is 6.72. The Hall–Kier alpha value is -3.26. The molecule has 1 heterocycles. The fourth-order valence-corrected chi connectivity index (χ4v) is 4.23. The average Bonchev–Trinajstić information content (AvgIpc) is 3.08. The van der Waals surface area contributed by atoms with E-state index in [0.29, 0.717) is 6.85 Å². The van der Waals surface area contributed by atoms with E-state index in [9.17, 15) is 0 Å². The lowest BCUT2D eigenvalue weighted by Crippen LogP contribution is -2.14. The molecule has 0 spiro atoms. The maximum atomic E-state index is 2.45.